The lowest BCUT2D eigenvalue weighted by molar-refractivity contribution is -0.140. The van der Waals surface area contributed by atoms with Gasteiger partial charge in [-0.15, -0.1) is 0 Å². The van der Waals surface area contributed by atoms with Gasteiger partial charge in [0.2, 0.25) is 0 Å². The standard InChI is InChI=1S/C30H31NO7/c1-19-16-22(38-18-20-8-6-5-7-9-20)11-12-23(19)28(32)26-27(31(14-15-35-2)30(34)29(26)33)21-10-13-24(36-3)25(17-21)37-4/h5-13,16-17,27,32H,14-15,18H2,1-4H3/b28-26-. The van der Waals surface area contributed by atoms with Crippen LogP contribution in [0.3, 0.4) is 0 Å². The molecule has 8 heteroatoms. The third-order valence-corrected chi connectivity index (χ3v) is 6.50. The average molecular weight is 518 g/mol. The maximum Gasteiger partial charge on any atom is 0.295 e. The van der Waals surface area contributed by atoms with Gasteiger partial charge in [-0.1, -0.05) is 36.4 Å². The molecule has 1 heterocycles. The molecule has 1 N–H and O–H groups in total. The highest BCUT2D eigenvalue weighted by Crippen LogP contribution is 2.42. The van der Waals surface area contributed by atoms with Gasteiger partial charge in [0.25, 0.3) is 11.7 Å². The molecule has 1 aliphatic rings. The highest BCUT2D eigenvalue weighted by Gasteiger charge is 2.46. The topological polar surface area (TPSA) is 94.5 Å². The summed E-state index contributed by atoms with van der Waals surface area (Å²) in [4.78, 5) is 27.7. The number of ketones is 1. The van der Waals surface area contributed by atoms with Gasteiger partial charge in [-0.05, 0) is 53.9 Å². The molecule has 8 nitrogen and oxygen atoms in total. The summed E-state index contributed by atoms with van der Waals surface area (Å²) in [5.41, 5.74) is 2.76. The molecule has 1 unspecified atom stereocenters. The Morgan fingerprint density at radius 1 is 0.921 bits per heavy atom. The van der Waals surface area contributed by atoms with E-state index in [-0.39, 0.29) is 24.5 Å². The van der Waals surface area contributed by atoms with Crippen LogP contribution in [-0.2, 0) is 20.9 Å². The molecule has 1 saturated heterocycles. The smallest absolute Gasteiger partial charge is 0.295 e. The van der Waals surface area contributed by atoms with E-state index in [4.69, 9.17) is 18.9 Å². The third kappa shape index (κ3) is 5.35. The first-order valence-electron chi connectivity index (χ1n) is 12.2. The minimum absolute atomic E-state index is 0.000577. The zero-order chi connectivity index (χ0) is 27.2. The second kappa shape index (κ2) is 11.8. The summed E-state index contributed by atoms with van der Waals surface area (Å²) in [5.74, 6) is -0.147. The van der Waals surface area contributed by atoms with E-state index in [9.17, 15) is 14.7 Å². The number of aryl methyl sites for hydroxylation is 1. The Bertz CT molecular complexity index is 1350. The fraction of sp³-hybridized carbons (Fsp3) is 0.267. The van der Waals surface area contributed by atoms with Gasteiger partial charge in [-0.25, -0.2) is 0 Å². The van der Waals surface area contributed by atoms with Crippen molar-refractivity contribution in [2.75, 3.05) is 34.5 Å². The zero-order valence-electron chi connectivity index (χ0n) is 21.9. The third-order valence-electron chi connectivity index (χ3n) is 6.50. The summed E-state index contributed by atoms with van der Waals surface area (Å²) in [6, 6.07) is 19.3. The van der Waals surface area contributed by atoms with E-state index in [2.05, 4.69) is 0 Å². The van der Waals surface area contributed by atoms with Crippen LogP contribution in [0.15, 0.2) is 72.3 Å². The molecule has 0 saturated carbocycles. The molecule has 0 spiro atoms. The van der Waals surface area contributed by atoms with E-state index in [1.54, 1.807) is 36.4 Å². The molecule has 0 bridgehead atoms. The first-order chi connectivity index (χ1) is 18.4. The lowest BCUT2D eigenvalue weighted by atomic mass is 9.93. The molecule has 1 fully saturated rings. The highest BCUT2D eigenvalue weighted by atomic mass is 16.5. The Hall–Kier alpha value is -4.30. The fourth-order valence-electron chi connectivity index (χ4n) is 4.55. The van der Waals surface area contributed by atoms with Gasteiger partial charge < -0.3 is 29.0 Å². The molecule has 0 radical (unpaired) electrons. The zero-order valence-corrected chi connectivity index (χ0v) is 21.9. The number of aliphatic hydroxyl groups is 1. The number of hydrogen-bond donors (Lipinski definition) is 1. The SMILES string of the molecule is COCCN1C(=O)C(=O)/C(=C(\O)c2ccc(OCc3ccccc3)cc2C)C1c1ccc(OC)c(OC)c1. The van der Waals surface area contributed by atoms with Crippen LogP contribution < -0.4 is 14.2 Å². The quantitative estimate of drug-likeness (QED) is 0.237. The number of amides is 1. The number of hydrogen-bond acceptors (Lipinski definition) is 7. The van der Waals surface area contributed by atoms with Crippen molar-refractivity contribution in [3.8, 4) is 17.2 Å². The number of benzene rings is 3. The Morgan fingerprint density at radius 3 is 2.32 bits per heavy atom. The van der Waals surface area contributed by atoms with Gasteiger partial charge in [0, 0.05) is 19.2 Å². The number of carbonyl (C=O) groups is 2. The second-order valence-corrected chi connectivity index (χ2v) is 8.85. The van der Waals surface area contributed by atoms with Crippen LogP contribution in [0, 0.1) is 6.92 Å². The van der Waals surface area contributed by atoms with Gasteiger partial charge in [0.1, 0.15) is 18.1 Å². The number of aliphatic hydroxyl groups excluding tert-OH is 1. The van der Waals surface area contributed by atoms with E-state index in [0.717, 1.165) is 5.56 Å². The first-order valence-corrected chi connectivity index (χ1v) is 12.2. The van der Waals surface area contributed by atoms with Crippen molar-refractivity contribution in [3.05, 3.63) is 94.6 Å². The number of likely N-dealkylation sites (tertiary alicyclic amines) is 1. The summed E-state index contributed by atoms with van der Waals surface area (Å²) < 4.78 is 21.9. The average Bonchev–Trinajstić information content (AvgIpc) is 3.19. The Labute approximate surface area is 222 Å². The highest BCUT2D eigenvalue weighted by molar-refractivity contribution is 6.46. The van der Waals surface area contributed by atoms with Gasteiger partial charge in [-0.3, -0.25) is 9.59 Å². The molecule has 0 aliphatic carbocycles. The van der Waals surface area contributed by atoms with Crippen molar-refractivity contribution < 1.29 is 33.6 Å². The molecular formula is C30H31NO7. The number of carbonyl (C=O) groups excluding carboxylic acids is 2. The van der Waals surface area contributed by atoms with Crippen LogP contribution in [0.5, 0.6) is 17.2 Å². The molecular weight excluding hydrogens is 486 g/mol. The molecule has 1 atom stereocenters. The number of ether oxygens (including phenoxy) is 4. The predicted molar refractivity (Wildman–Crippen MR) is 142 cm³/mol. The first kappa shape index (κ1) is 26.8. The molecule has 3 aromatic rings. The van der Waals surface area contributed by atoms with E-state index in [1.807, 2.05) is 37.3 Å². The van der Waals surface area contributed by atoms with E-state index < -0.39 is 17.7 Å². The van der Waals surface area contributed by atoms with Crippen LogP contribution >= 0.6 is 0 Å². The molecule has 1 amide bonds. The lowest BCUT2D eigenvalue weighted by Crippen LogP contribution is -2.32. The predicted octanol–water partition coefficient (Wildman–Crippen LogP) is 4.66. The monoisotopic (exact) mass is 517 g/mol. The maximum atomic E-state index is 13.3. The van der Waals surface area contributed by atoms with E-state index >= 15 is 0 Å². The lowest BCUT2D eigenvalue weighted by Gasteiger charge is -2.25. The van der Waals surface area contributed by atoms with Crippen molar-refractivity contribution in [1.29, 1.82) is 0 Å². The minimum Gasteiger partial charge on any atom is -0.507 e. The summed E-state index contributed by atoms with van der Waals surface area (Å²) in [7, 11) is 4.55. The van der Waals surface area contributed by atoms with Gasteiger partial charge in [0.15, 0.2) is 11.5 Å². The number of Topliss-reactive ketones (excluding diaryl/α,β-unsaturated/α-hetero) is 1. The largest absolute Gasteiger partial charge is 0.507 e. The van der Waals surface area contributed by atoms with Crippen molar-refractivity contribution in [1.82, 2.24) is 4.90 Å². The fourth-order valence-corrected chi connectivity index (χ4v) is 4.55. The molecule has 198 valence electrons. The van der Waals surface area contributed by atoms with Crippen LogP contribution in [0.25, 0.3) is 5.76 Å². The van der Waals surface area contributed by atoms with Gasteiger partial charge >= 0.3 is 0 Å². The van der Waals surface area contributed by atoms with Crippen LogP contribution in [-0.4, -0.2) is 56.2 Å². The number of nitrogens with zero attached hydrogens (tertiary/aromatic N) is 1. The number of methoxy groups -OCH3 is 3. The summed E-state index contributed by atoms with van der Waals surface area (Å²) in [6.45, 7) is 2.61. The Morgan fingerprint density at radius 2 is 1.66 bits per heavy atom. The van der Waals surface area contributed by atoms with Crippen LogP contribution in [0.1, 0.15) is 28.3 Å². The van der Waals surface area contributed by atoms with Crippen molar-refractivity contribution in [2.24, 2.45) is 0 Å². The van der Waals surface area contributed by atoms with Crippen molar-refractivity contribution in [3.63, 3.8) is 0 Å². The summed E-state index contributed by atoms with van der Waals surface area (Å²) >= 11 is 0. The van der Waals surface area contributed by atoms with E-state index in [1.165, 1.54) is 26.2 Å². The molecule has 3 aromatic carbocycles. The van der Waals surface area contributed by atoms with Crippen molar-refractivity contribution in [2.45, 2.75) is 19.6 Å². The summed E-state index contributed by atoms with van der Waals surface area (Å²) in [5, 5.41) is 11.4. The second-order valence-electron chi connectivity index (χ2n) is 8.85. The molecule has 1 aliphatic heterocycles. The number of rotatable bonds is 10. The Kier molecular flexibility index (Phi) is 8.33. The van der Waals surface area contributed by atoms with Crippen molar-refractivity contribution >= 4 is 17.4 Å². The normalized spacial score (nSPS) is 16.5. The molecule has 4 rings (SSSR count). The van der Waals surface area contributed by atoms with Gasteiger partial charge in [-0.2, -0.15) is 0 Å². The van der Waals surface area contributed by atoms with Gasteiger partial charge in [0.05, 0.1) is 32.4 Å². The molecule has 0 aromatic heterocycles. The van der Waals surface area contributed by atoms with Crippen LogP contribution in [0.2, 0.25) is 0 Å². The Balaban J connectivity index is 1.74. The van der Waals surface area contributed by atoms with Crippen LogP contribution in [0.4, 0.5) is 0 Å². The maximum absolute atomic E-state index is 13.3. The van der Waals surface area contributed by atoms with E-state index in [0.29, 0.717) is 40.5 Å². The summed E-state index contributed by atoms with van der Waals surface area (Å²) in [6.07, 6.45) is 0. The minimum atomic E-state index is -0.835. The molecule has 38 heavy (non-hydrogen) atoms.